The van der Waals surface area contributed by atoms with Crippen molar-refractivity contribution in [1.82, 2.24) is 4.90 Å². The van der Waals surface area contributed by atoms with Gasteiger partial charge in [0.15, 0.2) is 5.11 Å². The van der Waals surface area contributed by atoms with Crippen molar-refractivity contribution in [1.29, 1.82) is 0 Å². The molecule has 0 saturated carbocycles. The molecule has 0 aliphatic carbocycles. The first-order valence-corrected chi connectivity index (χ1v) is 7.06. The number of nitrogens with zero attached hydrogens (tertiary/aromatic N) is 1. The van der Waals surface area contributed by atoms with Gasteiger partial charge in [0.25, 0.3) is 0 Å². The molecule has 0 spiro atoms. The number of benzene rings is 1. The monoisotopic (exact) mass is 294 g/mol. The SMILES string of the molecule is COC(=O)c1ccc(NC(=S)N2CC[NH+](C)CC2)cc1. The Balaban J connectivity index is 1.92. The highest BCUT2D eigenvalue weighted by Gasteiger charge is 2.18. The molecule has 1 aliphatic rings. The highest BCUT2D eigenvalue weighted by molar-refractivity contribution is 7.80. The Hall–Kier alpha value is -1.66. The predicted octanol–water partition coefficient (Wildman–Crippen LogP) is 0.000300. The van der Waals surface area contributed by atoms with Crippen molar-refractivity contribution < 1.29 is 14.4 Å². The second-order valence-corrected chi connectivity index (χ2v) is 5.33. The molecule has 1 aliphatic heterocycles. The summed E-state index contributed by atoms with van der Waals surface area (Å²) in [5.41, 5.74) is 1.42. The smallest absolute Gasteiger partial charge is 0.337 e. The van der Waals surface area contributed by atoms with E-state index in [1.165, 1.54) is 12.0 Å². The maximum Gasteiger partial charge on any atom is 0.337 e. The van der Waals surface area contributed by atoms with Crippen LogP contribution >= 0.6 is 12.2 Å². The number of hydrogen-bond acceptors (Lipinski definition) is 3. The van der Waals surface area contributed by atoms with Gasteiger partial charge in [-0.15, -0.1) is 0 Å². The van der Waals surface area contributed by atoms with E-state index in [2.05, 4.69) is 22.0 Å². The summed E-state index contributed by atoms with van der Waals surface area (Å²) in [5, 5.41) is 3.95. The topological polar surface area (TPSA) is 46.0 Å². The molecule has 1 aromatic rings. The maximum atomic E-state index is 11.3. The minimum atomic E-state index is -0.332. The molecule has 5 nitrogen and oxygen atoms in total. The van der Waals surface area contributed by atoms with Crippen molar-refractivity contribution in [2.75, 3.05) is 45.7 Å². The van der Waals surface area contributed by atoms with Crippen LogP contribution in [0.25, 0.3) is 0 Å². The standard InChI is InChI=1S/C14H19N3O2S/c1-16-7-9-17(10-8-16)14(20)15-12-5-3-11(4-6-12)13(18)19-2/h3-6H,7-10H2,1-2H3,(H,15,20)/p+1. The quantitative estimate of drug-likeness (QED) is 0.594. The molecule has 1 fully saturated rings. The number of carbonyl (C=O) groups is 1. The zero-order valence-electron chi connectivity index (χ0n) is 11.8. The molecule has 1 saturated heterocycles. The number of piperazine rings is 1. The van der Waals surface area contributed by atoms with Crippen LogP contribution in [0.1, 0.15) is 10.4 Å². The number of likely N-dealkylation sites (N-methyl/N-ethyl adjacent to an activating group) is 1. The first-order valence-electron chi connectivity index (χ1n) is 6.66. The Kier molecular flexibility index (Phi) is 4.92. The van der Waals surface area contributed by atoms with Crippen LogP contribution in [-0.2, 0) is 4.74 Å². The van der Waals surface area contributed by atoms with Gasteiger partial charge in [-0.25, -0.2) is 4.79 Å². The van der Waals surface area contributed by atoms with E-state index in [1.54, 1.807) is 12.1 Å². The van der Waals surface area contributed by atoms with E-state index in [0.717, 1.165) is 37.0 Å². The number of carbonyl (C=O) groups excluding carboxylic acids is 1. The zero-order chi connectivity index (χ0) is 14.5. The van der Waals surface area contributed by atoms with Gasteiger partial charge in [-0.05, 0) is 36.5 Å². The van der Waals surface area contributed by atoms with Gasteiger partial charge >= 0.3 is 5.97 Å². The Morgan fingerprint density at radius 3 is 2.45 bits per heavy atom. The number of nitrogens with one attached hydrogen (secondary N) is 2. The molecule has 0 atom stereocenters. The maximum absolute atomic E-state index is 11.3. The molecule has 108 valence electrons. The number of quaternary nitrogens is 1. The van der Waals surface area contributed by atoms with Crippen molar-refractivity contribution in [2.45, 2.75) is 0 Å². The summed E-state index contributed by atoms with van der Waals surface area (Å²) in [6.07, 6.45) is 0. The molecule has 1 aromatic carbocycles. The molecule has 0 amide bonds. The van der Waals surface area contributed by atoms with Crippen molar-refractivity contribution in [2.24, 2.45) is 0 Å². The number of rotatable bonds is 2. The lowest BCUT2D eigenvalue weighted by Crippen LogP contribution is -3.12. The summed E-state index contributed by atoms with van der Waals surface area (Å²) in [7, 11) is 3.57. The zero-order valence-corrected chi connectivity index (χ0v) is 12.6. The Labute approximate surface area is 124 Å². The van der Waals surface area contributed by atoms with Gasteiger partial charge in [0.2, 0.25) is 0 Å². The van der Waals surface area contributed by atoms with Crippen LogP contribution in [0.2, 0.25) is 0 Å². The minimum Gasteiger partial charge on any atom is -0.465 e. The summed E-state index contributed by atoms with van der Waals surface area (Å²) in [5.74, 6) is -0.332. The first kappa shape index (κ1) is 14.7. The van der Waals surface area contributed by atoms with Gasteiger partial charge < -0.3 is 19.9 Å². The minimum absolute atomic E-state index is 0.332. The van der Waals surface area contributed by atoms with Crippen molar-refractivity contribution >= 4 is 29.0 Å². The first-order chi connectivity index (χ1) is 9.60. The van der Waals surface area contributed by atoms with E-state index in [9.17, 15) is 4.79 Å². The molecule has 0 aromatic heterocycles. The number of methoxy groups -OCH3 is 1. The fourth-order valence-electron chi connectivity index (χ4n) is 2.10. The van der Waals surface area contributed by atoms with Crippen molar-refractivity contribution in [3.8, 4) is 0 Å². The highest BCUT2D eigenvalue weighted by atomic mass is 32.1. The Bertz CT molecular complexity index is 482. The molecule has 2 N–H and O–H groups in total. The second kappa shape index (κ2) is 6.67. The largest absolute Gasteiger partial charge is 0.465 e. The molecular weight excluding hydrogens is 274 g/mol. The average Bonchev–Trinajstić information content (AvgIpc) is 2.48. The van der Waals surface area contributed by atoms with Crippen molar-refractivity contribution in [3.63, 3.8) is 0 Å². The summed E-state index contributed by atoms with van der Waals surface area (Å²) >= 11 is 5.42. The van der Waals surface area contributed by atoms with Gasteiger partial charge in [-0.1, -0.05) is 0 Å². The lowest BCUT2D eigenvalue weighted by atomic mass is 10.2. The predicted molar refractivity (Wildman–Crippen MR) is 82.2 cm³/mol. The van der Waals surface area contributed by atoms with Crippen LogP contribution in [0.3, 0.4) is 0 Å². The average molecular weight is 294 g/mol. The summed E-state index contributed by atoms with van der Waals surface area (Å²) < 4.78 is 4.67. The third kappa shape index (κ3) is 3.68. The lowest BCUT2D eigenvalue weighted by Gasteiger charge is -2.32. The Morgan fingerprint density at radius 1 is 1.30 bits per heavy atom. The molecule has 6 heteroatoms. The van der Waals surface area contributed by atoms with Gasteiger partial charge in [-0.3, -0.25) is 0 Å². The van der Waals surface area contributed by atoms with E-state index < -0.39 is 0 Å². The van der Waals surface area contributed by atoms with Gasteiger partial charge in [0.1, 0.15) is 0 Å². The van der Waals surface area contributed by atoms with Crippen LogP contribution in [0.15, 0.2) is 24.3 Å². The van der Waals surface area contributed by atoms with E-state index in [1.807, 2.05) is 12.1 Å². The van der Waals surface area contributed by atoms with Gasteiger partial charge in [0, 0.05) is 5.69 Å². The van der Waals surface area contributed by atoms with Crippen LogP contribution < -0.4 is 10.2 Å². The van der Waals surface area contributed by atoms with Crippen molar-refractivity contribution in [3.05, 3.63) is 29.8 Å². The molecule has 2 rings (SSSR count). The molecule has 1 heterocycles. The third-order valence-corrected chi connectivity index (χ3v) is 3.82. The fraction of sp³-hybridized carbons (Fsp3) is 0.429. The summed E-state index contributed by atoms with van der Waals surface area (Å²) in [4.78, 5) is 15.1. The van der Waals surface area contributed by atoms with E-state index in [4.69, 9.17) is 12.2 Å². The van der Waals surface area contributed by atoms with Crippen LogP contribution in [0, 0.1) is 0 Å². The summed E-state index contributed by atoms with van der Waals surface area (Å²) in [6, 6.07) is 7.12. The van der Waals surface area contributed by atoms with Crippen LogP contribution in [0.4, 0.5) is 5.69 Å². The molecule has 20 heavy (non-hydrogen) atoms. The molecular formula is C14H20N3O2S+. The molecule has 0 radical (unpaired) electrons. The van der Waals surface area contributed by atoms with E-state index in [-0.39, 0.29) is 5.97 Å². The number of esters is 1. The summed E-state index contributed by atoms with van der Waals surface area (Å²) in [6.45, 7) is 4.14. The molecule has 0 unspecified atom stereocenters. The van der Waals surface area contributed by atoms with Gasteiger partial charge in [0.05, 0.1) is 45.9 Å². The lowest BCUT2D eigenvalue weighted by molar-refractivity contribution is -0.883. The second-order valence-electron chi connectivity index (χ2n) is 4.94. The van der Waals surface area contributed by atoms with Crippen LogP contribution in [0.5, 0.6) is 0 Å². The molecule has 0 bridgehead atoms. The van der Waals surface area contributed by atoms with E-state index in [0.29, 0.717) is 5.56 Å². The highest BCUT2D eigenvalue weighted by Crippen LogP contribution is 2.11. The Morgan fingerprint density at radius 2 is 1.90 bits per heavy atom. The van der Waals surface area contributed by atoms with Crippen LogP contribution in [-0.4, -0.2) is 56.3 Å². The third-order valence-electron chi connectivity index (χ3n) is 3.46. The van der Waals surface area contributed by atoms with E-state index >= 15 is 0 Å². The number of ether oxygens (including phenoxy) is 1. The van der Waals surface area contributed by atoms with Gasteiger partial charge in [-0.2, -0.15) is 0 Å². The number of thiocarbonyl (C=S) groups is 1. The normalized spacial score (nSPS) is 15.8. The number of hydrogen-bond donors (Lipinski definition) is 2. The number of anilines is 1. The fourth-order valence-corrected chi connectivity index (χ4v) is 2.40.